The molecule has 0 bridgehead atoms. The minimum absolute atomic E-state index is 0.410. The lowest BCUT2D eigenvalue weighted by Crippen LogP contribution is -2.38. The maximum atomic E-state index is 4.72. The van der Waals surface area contributed by atoms with Crippen LogP contribution in [0.4, 0.5) is 0 Å². The molecular formula is C19H28N4S. The van der Waals surface area contributed by atoms with E-state index in [1.165, 1.54) is 10.6 Å². The Balaban J connectivity index is 1.83. The lowest BCUT2D eigenvalue weighted by Gasteiger charge is -2.13. The molecule has 5 heteroatoms. The minimum Gasteiger partial charge on any atom is -0.357 e. The summed E-state index contributed by atoms with van der Waals surface area (Å²) in [5.41, 5.74) is 2.49. The first kappa shape index (κ1) is 18.5. The Hall–Kier alpha value is -1.88. The largest absolute Gasteiger partial charge is 0.357 e. The van der Waals surface area contributed by atoms with Gasteiger partial charge in [0.25, 0.3) is 0 Å². The third-order valence-electron chi connectivity index (χ3n) is 3.81. The highest BCUT2D eigenvalue weighted by Crippen LogP contribution is 2.14. The second-order valence-electron chi connectivity index (χ2n) is 5.79. The summed E-state index contributed by atoms with van der Waals surface area (Å²) in [7, 11) is 0. The van der Waals surface area contributed by atoms with Crippen LogP contribution >= 0.6 is 11.3 Å². The predicted molar refractivity (Wildman–Crippen MR) is 104 cm³/mol. The summed E-state index contributed by atoms with van der Waals surface area (Å²) in [5, 5.41) is 10.1. The van der Waals surface area contributed by atoms with Gasteiger partial charge in [-0.2, -0.15) is 0 Å². The zero-order chi connectivity index (χ0) is 17.2. The molecule has 2 rings (SSSR count). The van der Waals surface area contributed by atoms with Gasteiger partial charge in [0.15, 0.2) is 5.96 Å². The quantitative estimate of drug-likeness (QED) is 0.568. The summed E-state index contributed by atoms with van der Waals surface area (Å²) in [6.45, 7) is 8.93. The number of hydrogen-bond acceptors (Lipinski definition) is 3. The fourth-order valence-electron chi connectivity index (χ4n) is 2.39. The predicted octanol–water partition coefficient (Wildman–Crippen LogP) is 3.61. The van der Waals surface area contributed by atoms with Gasteiger partial charge in [0, 0.05) is 37.4 Å². The molecule has 1 atom stereocenters. The van der Waals surface area contributed by atoms with Crippen molar-refractivity contribution in [2.45, 2.75) is 39.5 Å². The number of guanidine groups is 1. The van der Waals surface area contributed by atoms with Gasteiger partial charge >= 0.3 is 0 Å². The molecule has 0 aliphatic carbocycles. The standard InChI is InChI=1S/C19H28N4S/c1-4-18-23-17(14-24-18)11-12-21-19(20-5-2)22-13-15(3)16-9-7-6-8-10-16/h6-10,14-15H,4-5,11-13H2,1-3H3,(H2,20,21,22). The van der Waals surface area contributed by atoms with Crippen LogP contribution < -0.4 is 10.6 Å². The van der Waals surface area contributed by atoms with E-state index in [9.17, 15) is 0 Å². The lowest BCUT2D eigenvalue weighted by atomic mass is 10.0. The van der Waals surface area contributed by atoms with Crippen molar-refractivity contribution in [2.24, 2.45) is 4.99 Å². The third kappa shape index (κ3) is 5.96. The smallest absolute Gasteiger partial charge is 0.191 e. The van der Waals surface area contributed by atoms with Crippen LogP contribution in [0, 0.1) is 0 Å². The molecule has 4 nitrogen and oxygen atoms in total. The zero-order valence-corrected chi connectivity index (χ0v) is 15.7. The average Bonchev–Trinajstić information content (AvgIpc) is 3.08. The van der Waals surface area contributed by atoms with Gasteiger partial charge in [-0.3, -0.25) is 4.99 Å². The number of aliphatic imine (C=N–C) groups is 1. The molecule has 1 aromatic carbocycles. The van der Waals surface area contributed by atoms with E-state index < -0.39 is 0 Å². The molecule has 0 spiro atoms. The van der Waals surface area contributed by atoms with Crippen LogP contribution in [0.5, 0.6) is 0 Å². The van der Waals surface area contributed by atoms with Gasteiger partial charge in [-0.25, -0.2) is 4.98 Å². The van der Waals surface area contributed by atoms with Crippen LogP contribution in [0.25, 0.3) is 0 Å². The fraction of sp³-hybridized carbons (Fsp3) is 0.474. The fourth-order valence-corrected chi connectivity index (χ4v) is 3.17. The van der Waals surface area contributed by atoms with E-state index in [0.717, 1.165) is 44.1 Å². The molecule has 2 N–H and O–H groups in total. The lowest BCUT2D eigenvalue weighted by molar-refractivity contribution is 0.743. The molecule has 0 aliphatic rings. The number of nitrogens with one attached hydrogen (secondary N) is 2. The van der Waals surface area contributed by atoms with Gasteiger partial charge in [0.05, 0.1) is 10.7 Å². The maximum absolute atomic E-state index is 4.72. The molecule has 0 fully saturated rings. The Bertz CT molecular complexity index is 621. The molecule has 0 amide bonds. The molecule has 0 radical (unpaired) electrons. The van der Waals surface area contributed by atoms with E-state index in [0.29, 0.717) is 5.92 Å². The molecule has 1 unspecified atom stereocenters. The first-order valence-electron chi connectivity index (χ1n) is 8.73. The van der Waals surface area contributed by atoms with Gasteiger partial charge in [0.2, 0.25) is 0 Å². The van der Waals surface area contributed by atoms with Gasteiger partial charge in [-0.15, -0.1) is 11.3 Å². The van der Waals surface area contributed by atoms with Crippen molar-refractivity contribution in [1.29, 1.82) is 0 Å². The number of rotatable bonds is 8. The van der Waals surface area contributed by atoms with Gasteiger partial charge < -0.3 is 10.6 Å². The second kappa shape index (κ2) is 10.1. The number of aryl methyl sites for hydroxylation is 1. The summed E-state index contributed by atoms with van der Waals surface area (Å²) < 4.78 is 0. The highest BCUT2D eigenvalue weighted by atomic mass is 32.1. The summed E-state index contributed by atoms with van der Waals surface area (Å²) in [6.07, 6.45) is 1.94. The molecule has 0 aliphatic heterocycles. The van der Waals surface area contributed by atoms with Crippen LogP contribution in [0.15, 0.2) is 40.7 Å². The summed E-state index contributed by atoms with van der Waals surface area (Å²) in [5.74, 6) is 1.29. The summed E-state index contributed by atoms with van der Waals surface area (Å²) in [6, 6.07) is 10.5. The number of hydrogen-bond donors (Lipinski definition) is 2. The molecule has 130 valence electrons. The molecule has 1 aromatic heterocycles. The minimum atomic E-state index is 0.410. The SMILES string of the molecule is CCNC(=NCC(C)c1ccccc1)NCCc1csc(CC)n1. The van der Waals surface area contributed by atoms with E-state index >= 15 is 0 Å². The summed E-state index contributed by atoms with van der Waals surface area (Å²) in [4.78, 5) is 9.32. The molecule has 2 aromatic rings. The molecule has 24 heavy (non-hydrogen) atoms. The van der Waals surface area contributed by atoms with Crippen molar-refractivity contribution in [1.82, 2.24) is 15.6 Å². The molecule has 0 saturated heterocycles. The zero-order valence-electron chi connectivity index (χ0n) is 14.9. The topological polar surface area (TPSA) is 49.3 Å². The first-order valence-corrected chi connectivity index (χ1v) is 9.61. The Morgan fingerprint density at radius 2 is 2.00 bits per heavy atom. The van der Waals surface area contributed by atoms with Crippen molar-refractivity contribution in [3.8, 4) is 0 Å². The Labute approximate surface area is 149 Å². The molecule has 0 saturated carbocycles. The van der Waals surface area contributed by atoms with E-state index in [2.05, 4.69) is 66.0 Å². The van der Waals surface area contributed by atoms with Crippen molar-refractivity contribution >= 4 is 17.3 Å². The van der Waals surface area contributed by atoms with Crippen LogP contribution in [-0.4, -0.2) is 30.6 Å². The van der Waals surface area contributed by atoms with E-state index in [-0.39, 0.29) is 0 Å². The monoisotopic (exact) mass is 344 g/mol. The van der Waals surface area contributed by atoms with Crippen molar-refractivity contribution in [3.63, 3.8) is 0 Å². The van der Waals surface area contributed by atoms with Crippen LogP contribution in [0.1, 0.15) is 43.0 Å². The highest BCUT2D eigenvalue weighted by Gasteiger charge is 2.05. The normalized spacial score (nSPS) is 12.9. The van der Waals surface area contributed by atoms with Crippen molar-refractivity contribution in [3.05, 3.63) is 52.0 Å². The molecule has 1 heterocycles. The number of nitrogens with zero attached hydrogens (tertiary/aromatic N) is 2. The second-order valence-corrected chi connectivity index (χ2v) is 6.74. The number of benzene rings is 1. The summed E-state index contributed by atoms with van der Waals surface area (Å²) >= 11 is 1.75. The Morgan fingerprint density at radius 1 is 1.21 bits per heavy atom. The number of thiazole rings is 1. The van der Waals surface area contributed by atoms with E-state index in [1.54, 1.807) is 11.3 Å². The number of aromatic nitrogens is 1. The maximum Gasteiger partial charge on any atom is 0.191 e. The Morgan fingerprint density at radius 3 is 2.67 bits per heavy atom. The first-order chi connectivity index (χ1) is 11.7. The molecular weight excluding hydrogens is 316 g/mol. The van der Waals surface area contributed by atoms with Crippen LogP contribution in [0.2, 0.25) is 0 Å². The van der Waals surface area contributed by atoms with Crippen molar-refractivity contribution in [2.75, 3.05) is 19.6 Å². The van der Waals surface area contributed by atoms with Gasteiger partial charge in [-0.05, 0) is 18.9 Å². The van der Waals surface area contributed by atoms with Crippen LogP contribution in [-0.2, 0) is 12.8 Å². The third-order valence-corrected chi connectivity index (χ3v) is 4.85. The van der Waals surface area contributed by atoms with Crippen molar-refractivity contribution < 1.29 is 0 Å². The average molecular weight is 345 g/mol. The van der Waals surface area contributed by atoms with Crippen LogP contribution in [0.3, 0.4) is 0 Å². The highest BCUT2D eigenvalue weighted by molar-refractivity contribution is 7.09. The van der Waals surface area contributed by atoms with Gasteiger partial charge in [-0.1, -0.05) is 44.2 Å². The Kier molecular flexibility index (Phi) is 7.75. The van der Waals surface area contributed by atoms with E-state index in [4.69, 9.17) is 4.99 Å². The van der Waals surface area contributed by atoms with Gasteiger partial charge in [0.1, 0.15) is 0 Å². The van der Waals surface area contributed by atoms with E-state index in [1.807, 2.05) is 6.07 Å².